The van der Waals surface area contributed by atoms with Crippen LogP contribution >= 0.6 is 0 Å². The summed E-state index contributed by atoms with van der Waals surface area (Å²) in [5.41, 5.74) is 2.58. The lowest BCUT2D eigenvalue weighted by molar-refractivity contribution is 0.602. The Kier molecular flexibility index (Phi) is 2.69. The normalized spacial score (nSPS) is 11.1. The summed E-state index contributed by atoms with van der Waals surface area (Å²) < 4.78 is 10.6. The van der Waals surface area contributed by atoms with Gasteiger partial charge in [0.15, 0.2) is 10.9 Å². The van der Waals surface area contributed by atoms with E-state index in [0.717, 1.165) is 11.1 Å². The maximum Gasteiger partial charge on any atom is 0.192 e. The standard InChI is InChI=1S/C18H10O4/c19-15-5-7-21-17-3-1-11(9-13(15)17)12-2-4-18-14(10-12)16(20)6-8-22-18/h1-10H. The number of hydrogen-bond acceptors (Lipinski definition) is 4. The average molecular weight is 290 g/mol. The Morgan fingerprint density at radius 3 is 1.50 bits per heavy atom. The summed E-state index contributed by atoms with van der Waals surface area (Å²) in [6, 6.07) is 13.5. The fourth-order valence-corrected chi connectivity index (χ4v) is 2.53. The van der Waals surface area contributed by atoms with E-state index in [1.165, 1.54) is 24.7 Å². The predicted octanol–water partition coefficient (Wildman–Crippen LogP) is 3.57. The molecule has 0 saturated carbocycles. The maximum atomic E-state index is 11.9. The van der Waals surface area contributed by atoms with Gasteiger partial charge in [-0.05, 0) is 35.4 Å². The SMILES string of the molecule is O=c1ccoc2ccc(-c3ccc4occc(=O)c4c3)cc12. The molecule has 0 fully saturated rings. The molecule has 0 amide bonds. The summed E-state index contributed by atoms with van der Waals surface area (Å²) in [7, 11) is 0. The molecule has 2 aromatic heterocycles. The molecule has 2 heterocycles. The molecule has 0 N–H and O–H groups in total. The summed E-state index contributed by atoms with van der Waals surface area (Å²) in [6.45, 7) is 0. The predicted molar refractivity (Wildman–Crippen MR) is 84.0 cm³/mol. The number of hydrogen-bond donors (Lipinski definition) is 0. The van der Waals surface area contributed by atoms with Gasteiger partial charge in [0.1, 0.15) is 11.2 Å². The average Bonchev–Trinajstić information content (AvgIpc) is 2.55. The zero-order chi connectivity index (χ0) is 15.1. The van der Waals surface area contributed by atoms with Crippen LogP contribution in [-0.4, -0.2) is 0 Å². The van der Waals surface area contributed by atoms with Crippen LogP contribution < -0.4 is 10.9 Å². The quantitative estimate of drug-likeness (QED) is 0.537. The van der Waals surface area contributed by atoms with Crippen molar-refractivity contribution in [2.24, 2.45) is 0 Å². The van der Waals surface area contributed by atoms with Crippen molar-refractivity contribution >= 4 is 21.9 Å². The van der Waals surface area contributed by atoms with Crippen LogP contribution in [0, 0.1) is 0 Å². The molecule has 0 radical (unpaired) electrons. The summed E-state index contributed by atoms with van der Waals surface area (Å²) in [5.74, 6) is 0. The van der Waals surface area contributed by atoms with Gasteiger partial charge in [0, 0.05) is 12.1 Å². The smallest absolute Gasteiger partial charge is 0.192 e. The lowest BCUT2D eigenvalue weighted by Gasteiger charge is -2.04. The first kappa shape index (κ1) is 12.6. The molecule has 4 aromatic rings. The van der Waals surface area contributed by atoms with Gasteiger partial charge in [-0.2, -0.15) is 0 Å². The second-order valence-corrected chi connectivity index (χ2v) is 4.99. The molecule has 0 aliphatic heterocycles. The first-order valence-electron chi connectivity index (χ1n) is 6.76. The van der Waals surface area contributed by atoms with Gasteiger partial charge in [0.05, 0.1) is 23.3 Å². The van der Waals surface area contributed by atoms with Gasteiger partial charge in [-0.15, -0.1) is 0 Å². The highest BCUT2D eigenvalue weighted by Crippen LogP contribution is 2.25. The van der Waals surface area contributed by atoms with Crippen LogP contribution in [0.1, 0.15) is 0 Å². The molecule has 0 atom stereocenters. The molecule has 4 rings (SSSR count). The van der Waals surface area contributed by atoms with Crippen molar-refractivity contribution in [3.63, 3.8) is 0 Å². The monoisotopic (exact) mass is 290 g/mol. The van der Waals surface area contributed by atoms with Crippen molar-refractivity contribution in [1.82, 2.24) is 0 Å². The Morgan fingerprint density at radius 2 is 1.05 bits per heavy atom. The molecule has 0 aliphatic carbocycles. The second kappa shape index (κ2) is 4.70. The highest BCUT2D eigenvalue weighted by Gasteiger charge is 2.06. The summed E-state index contributed by atoms with van der Waals surface area (Å²) in [6.07, 6.45) is 2.76. The van der Waals surface area contributed by atoms with E-state index in [4.69, 9.17) is 8.83 Å². The van der Waals surface area contributed by atoms with Crippen LogP contribution in [0.2, 0.25) is 0 Å². The first-order chi connectivity index (χ1) is 10.7. The van der Waals surface area contributed by atoms with Crippen molar-refractivity contribution in [2.75, 3.05) is 0 Å². The molecular weight excluding hydrogens is 280 g/mol. The molecule has 0 aliphatic rings. The molecule has 0 spiro atoms. The van der Waals surface area contributed by atoms with E-state index >= 15 is 0 Å². The van der Waals surface area contributed by atoms with Crippen LogP contribution in [-0.2, 0) is 0 Å². The maximum absolute atomic E-state index is 11.9. The van der Waals surface area contributed by atoms with E-state index < -0.39 is 0 Å². The third kappa shape index (κ3) is 1.93. The Bertz CT molecular complexity index is 1030. The van der Waals surface area contributed by atoms with Crippen molar-refractivity contribution < 1.29 is 8.83 Å². The molecule has 0 bridgehead atoms. The highest BCUT2D eigenvalue weighted by molar-refractivity contribution is 5.87. The van der Waals surface area contributed by atoms with E-state index in [2.05, 4.69) is 0 Å². The fourth-order valence-electron chi connectivity index (χ4n) is 2.53. The molecule has 22 heavy (non-hydrogen) atoms. The van der Waals surface area contributed by atoms with E-state index in [1.807, 2.05) is 12.1 Å². The Morgan fingerprint density at radius 1 is 0.591 bits per heavy atom. The van der Waals surface area contributed by atoms with E-state index in [0.29, 0.717) is 21.9 Å². The van der Waals surface area contributed by atoms with E-state index in [-0.39, 0.29) is 10.9 Å². The molecule has 4 heteroatoms. The van der Waals surface area contributed by atoms with Crippen LogP contribution in [0.3, 0.4) is 0 Å². The van der Waals surface area contributed by atoms with Crippen molar-refractivity contribution in [3.8, 4) is 11.1 Å². The number of fused-ring (bicyclic) bond motifs is 2. The summed E-state index contributed by atoms with van der Waals surface area (Å²) in [5, 5.41) is 1.03. The van der Waals surface area contributed by atoms with Gasteiger partial charge >= 0.3 is 0 Å². The Hall–Kier alpha value is -3.14. The summed E-state index contributed by atoms with van der Waals surface area (Å²) in [4.78, 5) is 23.8. The number of benzene rings is 2. The molecule has 0 unspecified atom stereocenters. The molecule has 0 saturated heterocycles. The van der Waals surface area contributed by atoms with Crippen LogP contribution in [0.5, 0.6) is 0 Å². The topological polar surface area (TPSA) is 60.4 Å². The first-order valence-corrected chi connectivity index (χ1v) is 6.76. The van der Waals surface area contributed by atoms with Gasteiger partial charge in [0.25, 0.3) is 0 Å². The lowest BCUT2D eigenvalue weighted by Crippen LogP contribution is -1.99. The fraction of sp³-hybridized carbons (Fsp3) is 0. The van der Waals surface area contributed by atoms with E-state index in [1.54, 1.807) is 24.3 Å². The third-order valence-electron chi connectivity index (χ3n) is 3.65. The van der Waals surface area contributed by atoms with Crippen LogP contribution in [0.15, 0.2) is 79.5 Å². The van der Waals surface area contributed by atoms with Gasteiger partial charge in [0.2, 0.25) is 0 Å². The van der Waals surface area contributed by atoms with Gasteiger partial charge in [-0.25, -0.2) is 0 Å². The van der Waals surface area contributed by atoms with Gasteiger partial charge < -0.3 is 8.83 Å². The highest BCUT2D eigenvalue weighted by atomic mass is 16.3. The minimum absolute atomic E-state index is 0.0941. The minimum atomic E-state index is -0.0941. The van der Waals surface area contributed by atoms with Crippen LogP contribution in [0.4, 0.5) is 0 Å². The van der Waals surface area contributed by atoms with Gasteiger partial charge in [-0.1, -0.05) is 12.1 Å². The Labute approximate surface area is 124 Å². The lowest BCUT2D eigenvalue weighted by atomic mass is 10.0. The molecule has 4 nitrogen and oxygen atoms in total. The zero-order valence-electron chi connectivity index (χ0n) is 11.4. The molecule has 2 aromatic carbocycles. The second-order valence-electron chi connectivity index (χ2n) is 4.99. The third-order valence-corrected chi connectivity index (χ3v) is 3.65. The minimum Gasteiger partial charge on any atom is -0.464 e. The van der Waals surface area contributed by atoms with E-state index in [9.17, 15) is 9.59 Å². The Balaban J connectivity index is 1.99. The van der Waals surface area contributed by atoms with Crippen molar-refractivity contribution in [2.45, 2.75) is 0 Å². The molecule has 106 valence electrons. The largest absolute Gasteiger partial charge is 0.464 e. The van der Waals surface area contributed by atoms with Crippen molar-refractivity contribution in [3.05, 3.63) is 81.5 Å². The summed E-state index contributed by atoms with van der Waals surface area (Å²) >= 11 is 0. The zero-order valence-corrected chi connectivity index (χ0v) is 11.4. The van der Waals surface area contributed by atoms with Gasteiger partial charge in [-0.3, -0.25) is 9.59 Å². The van der Waals surface area contributed by atoms with Crippen LogP contribution in [0.25, 0.3) is 33.1 Å². The van der Waals surface area contributed by atoms with Crippen molar-refractivity contribution in [1.29, 1.82) is 0 Å². The molecular formula is C18H10O4. The number of rotatable bonds is 1.